The van der Waals surface area contributed by atoms with Crippen molar-refractivity contribution in [1.29, 1.82) is 0 Å². The van der Waals surface area contributed by atoms with Gasteiger partial charge in [-0.1, -0.05) is 26.0 Å². The lowest BCUT2D eigenvalue weighted by molar-refractivity contribution is 0.267. The first-order valence-electron chi connectivity index (χ1n) is 8.01. The lowest BCUT2D eigenvalue weighted by Crippen LogP contribution is -2.26. The van der Waals surface area contributed by atoms with Crippen LogP contribution in [0.2, 0.25) is 0 Å². The van der Waals surface area contributed by atoms with Gasteiger partial charge in [-0.3, -0.25) is 9.20 Å². The third-order valence-corrected chi connectivity index (χ3v) is 5.20. The molecule has 4 rings (SSSR count). The molecule has 0 radical (unpaired) electrons. The number of hydrogen-bond donors (Lipinski definition) is 0. The number of aryl methyl sites for hydroxylation is 1. The maximum atomic E-state index is 12.8. The average molecular weight is 295 g/mol. The summed E-state index contributed by atoms with van der Waals surface area (Å²) in [4.78, 5) is 17.0. The second kappa shape index (κ2) is 4.70. The molecule has 1 saturated carbocycles. The molecule has 0 bridgehead atoms. The van der Waals surface area contributed by atoms with Crippen molar-refractivity contribution in [3.8, 4) is 0 Å². The number of aromatic nitrogens is 3. The lowest BCUT2D eigenvalue weighted by Gasteiger charge is -2.25. The van der Waals surface area contributed by atoms with Crippen LogP contribution in [0.1, 0.15) is 33.1 Å². The van der Waals surface area contributed by atoms with Crippen LogP contribution in [0.25, 0.3) is 16.6 Å². The van der Waals surface area contributed by atoms with Crippen LogP contribution in [-0.2, 0) is 6.54 Å². The van der Waals surface area contributed by atoms with E-state index < -0.39 is 0 Å². The zero-order valence-corrected chi connectivity index (χ0v) is 13.1. The molecule has 4 heteroatoms. The fourth-order valence-electron chi connectivity index (χ4n) is 3.48. The van der Waals surface area contributed by atoms with Crippen molar-refractivity contribution in [1.82, 2.24) is 14.0 Å². The first-order valence-corrected chi connectivity index (χ1v) is 8.01. The summed E-state index contributed by atoms with van der Waals surface area (Å²) in [6.45, 7) is 5.43. The summed E-state index contributed by atoms with van der Waals surface area (Å²) >= 11 is 0. The van der Waals surface area contributed by atoms with Gasteiger partial charge >= 0.3 is 0 Å². The van der Waals surface area contributed by atoms with E-state index in [1.165, 1.54) is 12.8 Å². The Labute approximate surface area is 129 Å². The maximum absolute atomic E-state index is 12.8. The molecule has 4 nitrogen and oxygen atoms in total. The van der Waals surface area contributed by atoms with Gasteiger partial charge in [-0.15, -0.1) is 0 Å². The number of rotatable bonds is 4. The summed E-state index contributed by atoms with van der Waals surface area (Å²) in [5, 5.41) is 0. The van der Waals surface area contributed by atoms with Crippen molar-refractivity contribution in [2.45, 2.75) is 39.7 Å². The number of benzene rings is 1. The van der Waals surface area contributed by atoms with Crippen LogP contribution >= 0.6 is 0 Å². The van der Waals surface area contributed by atoms with Gasteiger partial charge in [0, 0.05) is 6.54 Å². The zero-order valence-electron chi connectivity index (χ0n) is 13.1. The highest BCUT2D eigenvalue weighted by Crippen LogP contribution is 2.47. The molecule has 0 N–H and O–H groups in total. The number of hydrogen-bond acceptors (Lipinski definition) is 2. The van der Waals surface area contributed by atoms with Crippen molar-refractivity contribution >= 4 is 16.6 Å². The lowest BCUT2D eigenvalue weighted by atomic mass is 9.84. The van der Waals surface area contributed by atoms with Crippen LogP contribution in [-0.4, -0.2) is 14.0 Å². The smallest absolute Gasteiger partial charge is 0.276 e. The molecular weight excluding hydrogens is 274 g/mol. The van der Waals surface area contributed by atoms with Crippen LogP contribution in [0.3, 0.4) is 0 Å². The molecule has 0 unspecified atom stereocenters. The summed E-state index contributed by atoms with van der Waals surface area (Å²) in [7, 11) is 0. The van der Waals surface area contributed by atoms with E-state index in [-0.39, 0.29) is 5.56 Å². The Morgan fingerprint density at radius 2 is 1.91 bits per heavy atom. The average Bonchev–Trinajstić information content (AvgIpc) is 3.26. The Morgan fingerprint density at radius 1 is 1.18 bits per heavy atom. The predicted molar refractivity (Wildman–Crippen MR) is 88.1 cm³/mol. The second-order valence-electron chi connectivity index (χ2n) is 7.11. The third kappa shape index (κ3) is 2.05. The Balaban J connectivity index is 1.84. The summed E-state index contributed by atoms with van der Waals surface area (Å²) < 4.78 is 3.82. The summed E-state index contributed by atoms with van der Waals surface area (Å²) in [6.07, 6.45) is 7.09. The monoisotopic (exact) mass is 295 g/mol. The number of nitrogens with zero attached hydrogens (tertiary/aromatic N) is 3. The van der Waals surface area contributed by atoms with Crippen LogP contribution in [0.4, 0.5) is 0 Å². The molecule has 1 aromatic carbocycles. The van der Waals surface area contributed by atoms with Gasteiger partial charge in [-0.05, 0) is 42.7 Å². The van der Waals surface area contributed by atoms with Crippen LogP contribution in [0.15, 0.2) is 41.6 Å². The summed E-state index contributed by atoms with van der Waals surface area (Å²) in [6, 6.07) is 8.07. The SMILES string of the molecule is CC(C)(CCn1c(=O)c2cncn2c2ccccc21)C1CC1. The predicted octanol–water partition coefficient (Wildman–Crippen LogP) is 3.48. The number of imidazole rings is 1. The molecule has 2 aromatic heterocycles. The fourth-order valence-corrected chi connectivity index (χ4v) is 3.48. The van der Waals surface area contributed by atoms with E-state index in [0.29, 0.717) is 10.9 Å². The largest absolute Gasteiger partial charge is 0.305 e. The van der Waals surface area contributed by atoms with Gasteiger partial charge in [-0.25, -0.2) is 4.98 Å². The Bertz CT molecular complexity index is 899. The first kappa shape index (κ1) is 13.6. The molecule has 0 amide bonds. The minimum Gasteiger partial charge on any atom is -0.305 e. The van der Waals surface area contributed by atoms with Gasteiger partial charge < -0.3 is 4.57 Å². The van der Waals surface area contributed by atoms with Crippen molar-refractivity contribution in [2.24, 2.45) is 11.3 Å². The Hall–Kier alpha value is -2.10. The van der Waals surface area contributed by atoms with Gasteiger partial charge in [0.1, 0.15) is 5.52 Å². The topological polar surface area (TPSA) is 39.3 Å². The number of para-hydroxylation sites is 2. The molecule has 114 valence electrons. The third-order valence-electron chi connectivity index (χ3n) is 5.20. The highest BCUT2D eigenvalue weighted by atomic mass is 16.1. The summed E-state index contributed by atoms with van der Waals surface area (Å²) in [5.41, 5.74) is 3.06. The molecule has 3 aromatic rings. The van der Waals surface area contributed by atoms with Crippen molar-refractivity contribution in [3.05, 3.63) is 47.1 Å². The summed E-state index contributed by atoms with van der Waals surface area (Å²) in [5.74, 6) is 0.827. The highest BCUT2D eigenvalue weighted by Gasteiger charge is 2.37. The molecule has 0 saturated heterocycles. The van der Waals surface area contributed by atoms with E-state index in [1.54, 1.807) is 12.5 Å². The number of fused-ring (bicyclic) bond motifs is 3. The van der Waals surface area contributed by atoms with Crippen molar-refractivity contribution < 1.29 is 0 Å². The van der Waals surface area contributed by atoms with E-state index in [0.717, 1.165) is 29.9 Å². The van der Waals surface area contributed by atoms with E-state index in [1.807, 2.05) is 33.2 Å². The standard InChI is InChI=1S/C18H21N3O/c1-18(2,13-7-8-13)9-10-20-14-5-3-4-6-15(14)21-12-19-11-16(21)17(20)22/h3-6,11-13H,7-10H2,1-2H3. The normalized spacial score (nSPS) is 15.7. The quantitative estimate of drug-likeness (QED) is 0.739. The molecule has 0 atom stereocenters. The van der Waals surface area contributed by atoms with Gasteiger partial charge in [0.05, 0.1) is 23.6 Å². The van der Waals surface area contributed by atoms with Gasteiger partial charge in [-0.2, -0.15) is 0 Å². The van der Waals surface area contributed by atoms with E-state index >= 15 is 0 Å². The van der Waals surface area contributed by atoms with E-state index in [2.05, 4.69) is 18.8 Å². The van der Waals surface area contributed by atoms with Crippen molar-refractivity contribution in [3.63, 3.8) is 0 Å². The maximum Gasteiger partial charge on any atom is 0.276 e. The van der Waals surface area contributed by atoms with E-state index in [9.17, 15) is 4.79 Å². The van der Waals surface area contributed by atoms with Crippen LogP contribution < -0.4 is 5.56 Å². The zero-order chi connectivity index (χ0) is 15.3. The minimum atomic E-state index is 0.0581. The fraction of sp³-hybridized carbons (Fsp3) is 0.444. The van der Waals surface area contributed by atoms with Gasteiger partial charge in [0.15, 0.2) is 0 Å². The van der Waals surface area contributed by atoms with Crippen LogP contribution in [0, 0.1) is 11.3 Å². The second-order valence-corrected chi connectivity index (χ2v) is 7.11. The highest BCUT2D eigenvalue weighted by molar-refractivity contribution is 5.78. The van der Waals surface area contributed by atoms with Crippen LogP contribution in [0.5, 0.6) is 0 Å². The molecule has 22 heavy (non-hydrogen) atoms. The molecule has 1 fully saturated rings. The first-order chi connectivity index (χ1) is 10.6. The molecule has 2 heterocycles. The minimum absolute atomic E-state index is 0.0581. The molecule has 0 aliphatic heterocycles. The Morgan fingerprint density at radius 3 is 2.64 bits per heavy atom. The molecule has 1 aliphatic rings. The molecule has 0 spiro atoms. The van der Waals surface area contributed by atoms with Gasteiger partial charge in [0.25, 0.3) is 5.56 Å². The van der Waals surface area contributed by atoms with E-state index in [4.69, 9.17) is 0 Å². The molecular formula is C18H21N3O. The van der Waals surface area contributed by atoms with Crippen molar-refractivity contribution in [2.75, 3.05) is 0 Å². The molecule has 1 aliphatic carbocycles. The Kier molecular flexibility index (Phi) is 2.90. The van der Waals surface area contributed by atoms with Gasteiger partial charge in [0.2, 0.25) is 0 Å².